The molecule has 0 spiro atoms. The Morgan fingerprint density at radius 3 is 2.14 bits per heavy atom. The standard InChI is InChI=1S/C18H36O4/c1-8-10-16(15(9-2)17(19)20)22-21-12-11-14(5)18(6,7)13(3)4/h13-16H,8-12H2,1-7H3,(H,19,20). The number of carbonyl (C=O) groups is 1. The molecule has 0 amide bonds. The van der Waals surface area contributed by atoms with Gasteiger partial charge in [0.25, 0.3) is 0 Å². The largest absolute Gasteiger partial charge is 0.481 e. The molecule has 4 heteroatoms. The average molecular weight is 316 g/mol. The molecular weight excluding hydrogens is 280 g/mol. The normalized spacial score (nSPS) is 16.5. The van der Waals surface area contributed by atoms with Gasteiger partial charge in [-0.15, -0.1) is 0 Å². The Labute approximate surface area is 136 Å². The second-order valence-corrected chi connectivity index (χ2v) is 7.26. The molecule has 0 heterocycles. The molecule has 4 nitrogen and oxygen atoms in total. The second-order valence-electron chi connectivity index (χ2n) is 7.26. The summed E-state index contributed by atoms with van der Waals surface area (Å²) in [5, 5.41) is 9.25. The molecule has 0 aliphatic heterocycles. The van der Waals surface area contributed by atoms with Gasteiger partial charge in [0.1, 0.15) is 6.10 Å². The van der Waals surface area contributed by atoms with E-state index in [0.717, 1.165) is 12.8 Å². The van der Waals surface area contributed by atoms with Crippen molar-refractivity contribution in [3.8, 4) is 0 Å². The summed E-state index contributed by atoms with van der Waals surface area (Å²) in [5.74, 6) is -0.182. The van der Waals surface area contributed by atoms with Gasteiger partial charge in [-0.2, -0.15) is 0 Å². The molecule has 0 radical (unpaired) electrons. The van der Waals surface area contributed by atoms with E-state index >= 15 is 0 Å². The first-order valence-corrected chi connectivity index (χ1v) is 8.69. The van der Waals surface area contributed by atoms with E-state index in [2.05, 4.69) is 34.6 Å². The fourth-order valence-corrected chi connectivity index (χ4v) is 2.50. The van der Waals surface area contributed by atoms with Gasteiger partial charge >= 0.3 is 5.97 Å². The highest BCUT2D eigenvalue weighted by Crippen LogP contribution is 2.36. The van der Waals surface area contributed by atoms with E-state index in [-0.39, 0.29) is 11.5 Å². The molecule has 1 N–H and O–H groups in total. The molecule has 132 valence electrons. The maximum atomic E-state index is 11.3. The lowest BCUT2D eigenvalue weighted by Gasteiger charge is -2.36. The number of hydrogen-bond donors (Lipinski definition) is 1. The molecule has 0 aliphatic carbocycles. The zero-order valence-corrected chi connectivity index (χ0v) is 15.5. The molecule has 0 bridgehead atoms. The number of hydrogen-bond acceptors (Lipinski definition) is 3. The van der Waals surface area contributed by atoms with Crippen LogP contribution in [0.2, 0.25) is 0 Å². The van der Waals surface area contributed by atoms with Crippen molar-refractivity contribution >= 4 is 5.97 Å². The predicted molar refractivity (Wildman–Crippen MR) is 89.5 cm³/mol. The Hall–Kier alpha value is -0.610. The van der Waals surface area contributed by atoms with E-state index in [1.54, 1.807) is 0 Å². The Morgan fingerprint density at radius 2 is 1.73 bits per heavy atom. The van der Waals surface area contributed by atoms with E-state index in [1.165, 1.54) is 0 Å². The molecular formula is C18H36O4. The number of rotatable bonds is 12. The van der Waals surface area contributed by atoms with Crippen molar-refractivity contribution in [2.45, 2.75) is 80.3 Å². The van der Waals surface area contributed by atoms with Gasteiger partial charge in [0.15, 0.2) is 0 Å². The predicted octanol–water partition coefficient (Wildman–Crippen LogP) is 4.92. The first-order chi connectivity index (χ1) is 10.2. The molecule has 0 fully saturated rings. The van der Waals surface area contributed by atoms with Crippen molar-refractivity contribution in [1.82, 2.24) is 0 Å². The molecule has 0 aromatic rings. The summed E-state index contributed by atoms with van der Waals surface area (Å²) in [5.41, 5.74) is 0.249. The summed E-state index contributed by atoms with van der Waals surface area (Å²) in [6.07, 6.45) is 2.70. The third kappa shape index (κ3) is 6.66. The molecule has 22 heavy (non-hydrogen) atoms. The Morgan fingerprint density at radius 1 is 1.14 bits per heavy atom. The van der Waals surface area contributed by atoms with Crippen LogP contribution in [0.4, 0.5) is 0 Å². The van der Waals surface area contributed by atoms with Crippen molar-refractivity contribution in [2.24, 2.45) is 23.2 Å². The van der Waals surface area contributed by atoms with Crippen molar-refractivity contribution in [1.29, 1.82) is 0 Å². The van der Waals surface area contributed by atoms with Crippen molar-refractivity contribution < 1.29 is 19.7 Å². The minimum Gasteiger partial charge on any atom is -0.481 e. The van der Waals surface area contributed by atoms with Gasteiger partial charge in [-0.3, -0.25) is 4.79 Å². The van der Waals surface area contributed by atoms with Crippen LogP contribution in [-0.4, -0.2) is 23.8 Å². The maximum Gasteiger partial charge on any atom is 0.309 e. The topological polar surface area (TPSA) is 55.8 Å². The molecule has 0 aliphatic rings. The summed E-state index contributed by atoms with van der Waals surface area (Å²) in [4.78, 5) is 22.1. The minimum absolute atomic E-state index is 0.249. The van der Waals surface area contributed by atoms with Gasteiger partial charge in [0.2, 0.25) is 0 Å². The highest BCUT2D eigenvalue weighted by Gasteiger charge is 2.30. The van der Waals surface area contributed by atoms with Gasteiger partial charge in [0.05, 0.1) is 12.5 Å². The molecule has 0 aromatic carbocycles. The summed E-state index contributed by atoms with van der Waals surface area (Å²) in [6.45, 7) is 15.7. The fraction of sp³-hybridized carbons (Fsp3) is 0.944. The first kappa shape index (κ1) is 21.4. The van der Waals surface area contributed by atoms with Crippen LogP contribution in [0.15, 0.2) is 0 Å². The molecule has 0 rings (SSSR count). The lowest BCUT2D eigenvalue weighted by molar-refractivity contribution is -0.335. The number of carboxylic acid groups (broad SMARTS) is 1. The van der Waals surface area contributed by atoms with Crippen molar-refractivity contribution in [3.63, 3.8) is 0 Å². The van der Waals surface area contributed by atoms with E-state index in [0.29, 0.717) is 31.3 Å². The van der Waals surface area contributed by atoms with Gasteiger partial charge in [0, 0.05) is 0 Å². The molecule has 0 saturated heterocycles. The van der Waals surface area contributed by atoms with Crippen LogP contribution in [0.3, 0.4) is 0 Å². The van der Waals surface area contributed by atoms with Crippen molar-refractivity contribution in [2.75, 3.05) is 6.61 Å². The first-order valence-electron chi connectivity index (χ1n) is 8.69. The maximum absolute atomic E-state index is 11.3. The van der Waals surface area contributed by atoms with E-state index in [4.69, 9.17) is 9.78 Å². The fourth-order valence-electron chi connectivity index (χ4n) is 2.50. The Bertz CT molecular complexity index is 312. The van der Waals surface area contributed by atoms with Crippen LogP contribution >= 0.6 is 0 Å². The SMILES string of the molecule is CCCC(OOCCC(C)C(C)(C)C(C)C)C(CC)C(=O)O. The summed E-state index contributed by atoms with van der Waals surface area (Å²) in [6, 6.07) is 0. The lowest BCUT2D eigenvalue weighted by atomic mass is 9.70. The van der Waals surface area contributed by atoms with Gasteiger partial charge < -0.3 is 5.11 Å². The zero-order valence-electron chi connectivity index (χ0n) is 15.5. The minimum atomic E-state index is -0.807. The average Bonchev–Trinajstić information content (AvgIpc) is 2.43. The second kappa shape index (κ2) is 10.2. The van der Waals surface area contributed by atoms with E-state index < -0.39 is 11.9 Å². The lowest BCUT2D eigenvalue weighted by Crippen LogP contribution is -2.31. The van der Waals surface area contributed by atoms with E-state index in [1.807, 2.05) is 13.8 Å². The summed E-state index contributed by atoms with van der Waals surface area (Å²) >= 11 is 0. The number of carboxylic acids is 1. The zero-order chi connectivity index (χ0) is 17.3. The van der Waals surface area contributed by atoms with Crippen LogP contribution in [0, 0.1) is 23.2 Å². The summed E-state index contributed by atoms with van der Waals surface area (Å²) in [7, 11) is 0. The van der Waals surface area contributed by atoms with Gasteiger partial charge in [-0.1, -0.05) is 54.9 Å². The van der Waals surface area contributed by atoms with Gasteiger partial charge in [-0.05, 0) is 36.5 Å². The number of aliphatic carboxylic acids is 1. The smallest absolute Gasteiger partial charge is 0.309 e. The van der Waals surface area contributed by atoms with Crippen LogP contribution < -0.4 is 0 Å². The molecule has 0 aromatic heterocycles. The quantitative estimate of drug-likeness (QED) is 0.315. The Kier molecular flexibility index (Phi) is 9.94. The monoisotopic (exact) mass is 316 g/mol. The van der Waals surface area contributed by atoms with Crippen molar-refractivity contribution in [3.05, 3.63) is 0 Å². The van der Waals surface area contributed by atoms with Crippen LogP contribution in [0.1, 0.15) is 74.1 Å². The summed E-state index contributed by atoms with van der Waals surface area (Å²) < 4.78 is 0. The molecule has 0 saturated carbocycles. The Balaban J connectivity index is 4.32. The van der Waals surface area contributed by atoms with Crippen LogP contribution in [0.5, 0.6) is 0 Å². The third-order valence-electron chi connectivity index (χ3n) is 5.36. The highest BCUT2D eigenvalue weighted by atomic mass is 17.2. The van der Waals surface area contributed by atoms with Crippen LogP contribution in [0.25, 0.3) is 0 Å². The molecule has 3 unspecified atom stereocenters. The molecule has 3 atom stereocenters. The third-order valence-corrected chi connectivity index (χ3v) is 5.36. The van der Waals surface area contributed by atoms with Gasteiger partial charge in [-0.25, -0.2) is 9.78 Å². The van der Waals surface area contributed by atoms with E-state index in [9.17, 15) is 9.90 Å². The highest BCUT2D eigenvalue weighted by molar-refractivity contribution is 5.70. The van der Waals surface area contributed by atoms with Crippen LogP contribution in [-0.2, 0) is 14.6 Å².